The molecule has 0 radical (unpaired) electrons. The van der Waals surface area contributed by atoms with Gasteiger partial charge in [0.2, 0.25) is 0 Å². The molecule has 4 heterocycles. The number of para-hydroxylation sites is 1. The first kappa shape index (κ1) is 18.4. The zero-order chi connectivity index (χ0) is 22.0. The largest absolute Gasteiger partial charge is 0.318 e. The highest BCUT2D eigenvalue weighted by Crippen LogP contribution is 2.50. The summed E-state index contributed by atoms with van der Waals surface area (Å²) in [4.78, 5) is 11.9. The second-order valence-corrected chi connectivity index (χ2v) is 8.96. The number of anilines is 2. The maximum absolute atomic E-state index is 4.82. The third-order valence-electron chi connectivity index (χ3n) is 7.13. The van der Waals surface area contributed by atoms with Gasteiger partial charge in [-0.15, -0.1) is 0 Å². The van der Waals surface area contributed by atoms with Gasteiger partial charge in [-0.3, -0.25) is 4.57 Å². The van der Waals surface area contributed by atoms with Crippen molar-refractivity contribution >= 4 is 33.4 Å². The average molecular weight is 427 g/mol. The zero-order valence-electron chi connectivity index (χ0n) is 18.3. The number of allylic oxidation sites excluding steroid dienone is 2. The number of aromatic nitrogens is 3. The fraction of sp³-hybridized carbons (Fsp3) is 0.103. The highest BCUT2D eigenvalue weighted by molar-refractivity contribution is 6.07. The summed E-state index contributed by atoms with van der Waals surface area (Å²) in [5, 5.41) is 2.38. The number of hydrogen-bond acceptors (Lipinski definition) is 3. The fourth-order valence-corrected chi connectivity index (χ4v) is 5.59. The van der Waals surface area contributed by atoms with Crippen molar-refractivity contribution < 1.29 is 0 Å². The van der Waals surface area contributed by atoms with Crippen molar-refractivity contribution in [2.75, 3.05) is 4.90 Å². The topological polar surface area (TPSA) is 34.0 Å². The number of pyridine rings is 2. The van der Waals surface area contributed by atoms with Gasteiger partial charge >= 0.3 is 0 Å². The lowest BCUT2D eigenvalue weighted by molar-refractivity contribution is 0.550. The average Bonchev–Trinajstić information content (AvgIpc) is 3.34. The van der Waals surface area contributed by atoms with E-state index in [2.05, 4.69) is 101 Å². The third kappa shape index (κ3) is 2.46. The van der Waals surface area contributed by atoms with E-state index in [0.717, 1.165) is 28.4 Å². The smallest absolute Gasteiger partial charge is 0.145 e. The maximum Gasteiger partial charge on any atom is 0.145 e. The van der Waals surface area contributed by atoms with Crippen LogP contribution in [0.4, 0.5) is 11.5 Å². The molecule has 4 nitrogen and oxygen atoms in total. The van der Waals surface area contributed by atoms with Crippen molar-refractivity contribution in [3.05, 3.63) is 115 Å². The van der Waals surface area contributed by atoms with Gasteiger partial charge in [0, 0.05) is 45.5 Å². The van der Waals surface area contributed by atoms with Crippen LogP contribution in [0.1, 0.15) is 12.5 Å². The molecule has 158 valence electrons. The molecule has 33 heavy (non-hydrogen) atoms. The third-order valence-corrected chi connectivity index (χ3v) is 7.13. The number of rotatable bonds is 2. The van der Waals surface area contributed by atoms with Gasteiger partial charge in [0.15, 0.2) is 0 Å². The van der Waals surface area contributed by atoms with Crippen LogP contribution in [0.2, 0.25) is 0 Å². The first-order valence-corrected chi connectivity index (χ1v) is 11.3. The minimum Gasteiger partial charge on any atom is -0.318 e. The van der Waals surface area contributed by atoms with Crippen molar-refractivity contribution in [2.45, 2.75) is 18.4 Å². The molecule has 0 spiro atoms. The Morgan fingerprint density at radius 2 is 1.61 bits per heavy atom. The van der Waals surface area contributed by atoms with Crippen LogP contribution < -0.4 is 4.90 Å². The van der Waals surface area contributed by atoms with E-state index in [9.17, 15) is 0 Å². The first-order chi connectivity index (χ1) is 16.3. The van der Waals surface area contributed by atoms with Gasteiger partial charge in [-0.05, 0) is 49.4 Å². The zero-order valence-corrected chi connectivity index (χ0v) is 18.3. The SMILES string of the molecule is CC12C=CC=CC1N(c1cccc(-n3c4ccccc4c4cccnc43)c1)c1ncccc12. The standard InChI is InChI=1S/C29H22N4/c1-29-16-5-4-15-26(29)33(28-24(29)13-8-18-31-28)21-10-6-9-20(19-21)32-25-14-3-2-11-22(25)23-12-7-17-30-27(23)32/h2-19,26H,1H3. The lowest BCUT2D eigenvalue weighted by Crippen LogP contribution is -2.39. The Labute approximate surface area is 192 Å². The van der Waals surface area contributed by atoms with Gasteiger partial charge in [0.1, 0.15) is 11.5 Å². The first-order valence-electron chi connectivity index (χ1n) is 11.3. The van der Waals surface area contributed by atoms with E-state index in [4.69, 9.17) is 9.97 Å². The van der Waals surface area contributed by atoms with Gasteiger partial charge < -0.3 is 4.90 Å². The molecule has 0 bridgehead atoms. The molecule has 7 rings (SSSR count). The highest BCUT2D eigenvalue weighted by Gasteiger charge is 2.47. The molecule has 5 aromatic rings. The predicted octanol–water partition coefficient (Wildman–Crippen LogP) is 6.48. The van der Waals surface area contributed by atoms with Crippen LogP contribution in [0.3, 0.4) is 0 Å². The second-order valence-electron chi connectivity index (χ2n) is 8.96. The maximum atomic E-state index is 4.82. The van der Waals surface area contributed by atoms with Gasteiger partial charge in [-0.2, -0.15) is 0 Å². The monoisotopic (exact) mass is 426 g/mol. The van der Waals surface area contributed by atoms with E-state index in [0.29, 0.717) is 0 Å². The minimum atomic E-state index is -0.108. The van der Waals surface area contributed by atoms with Crippen LogP contribution in [0.25, 0.3) is 27.6 Å². The van der Waals surface area contributed by atoms with E-state index in [1.54, 1.807) is 0 Å². The molecule has 0 saturated heterocycles. The normalized spacial score (nSPS) is 21.0. The Balaban J connectivity index is 1.46. The van der Waals surface area contributed by atoms with Crippen LogP contribution >= 0.6 is 0 Å². The van der Waals surface area contributed by atoms with Gasteiger partial charge in [-0.25, -0.2) is 9.97 Å². The number of hydrogen-bond donors (Lipinski definition) is 0. The molecule has 2 aromatic carbocycles. The minimum absolute atomic E-state index is 0.108. The molecular weight excluding hydrogens is 404 g/mol. The Hall–Kier alpha value is -4.18. The number of fused-ring (bicyclic) bond motifs is 6. The molecule has 0 N–H and O–H groups in total. The molecule has 1 aliphatic carbocycles. The second kappa shape index (κ2) is 6.66. The molecule has 3 aromatic heterocycles. The molecular formula is C29H22N4. The van der Waals surface area contributed by atoms with Crippen LogP contribution in [0.15, 0.2) is 109 Å². The van der Waals surface area contributed by atoms with Crippen molar-refractivity contribution in [1.82, 2.24) is 14.5 Å². The molecule has 0 fully saturated rings. The van der Waals surface area contributed by atoms with Crippen molar-refractivity contribution in [3.8, 4) is 5.69 Å². The lowest BCUT2D eigenvalue weighted by atomic mass is 9.76. The Kier molecular flexibility index (Phi) is 3.71. The molecule has 1 aliphatic heterocycles. The van der Waals surface area contributed by atoms with Crippen LogP contribution in [-0.2, 0) is 5.41 Å². The molecule has 0 amide bonds. The summed E-state index contributed by atoms with van der Waals surface area (Å²) in [6.45, 7) is 2.30. The van der Waals surface area contributed by atoms with E-state index < -0.39 is 0 Å². The van der Waals surface area contributed by atoms with Crippen molar-refractivity contribution in [2.24, 2.45) is 0 Å². The molecule has 2 unspecified atom stereocenters. The molecule has 2 atom stereocenters. The Morgan fingerprint density at radius 1 is 0.788 bits per heavy atom. The number of nitrogens with zero attached hydrogens (tertiary/aromatic N) is 4. The summed E-state index contributed by atoms with van der Waals surface area (Å²) in [7, 11) is 0. The lowest BCUT2D eigenvalue weighted by Gasteiger charge is -2.34. The summed E-state index contributed by atoms with van der Waals surface area (Å²) in [6, 6.07) is 25.8. The van der Waals surface area contributed by atoms with Crippen molar-refractivity contribution in [1.29, 1.82) is 0 Å². The summed E-state index contributed by atoms with van der Waals surface area (Å²) < 4.78 is 2.26. The summed E-state index contributed by atoms with van der Waals surface area (Å²) in [6.07, 6.45) is 12.6. The summed E-state index contributed by atoms with van der Waals surface area (Å²) >= 11 is 0. The molecule has 4 heteroatoms. The summed E-state index contributed by atoms with van der Waals surface area (Å²) in [5.74, 6) is 1.03. The van der Waals surface area contributed by atoms with E-state index in [1.165, 1.54) is 16.3 Å². The van der Waals surface area contributed by atoms with Gasteiger partial charge in [0.25, 0.3) is 0 Å². The quantitative estimate of drug-likeness (QED) is 0.324. The van der Waals surface area contributed by atoms with Crippen LogP contribution in [0, 0.1) is 0 Å². The van der Waals surface area contributed by atoms with E-state index >= 15 is 0 Å². The van der Waals surface area contributed by atoms with Gasteiger partial charge in [-0.1, -0.05) is 54.6 Å². The van der Waals surface area contributed by atoms with Gasteiger partial charge in [0.05, 0.1) is 11.6 Å². The van der Waals surface area contributed by atoms with E-state index in [1.807, 2.05) is 24.5 Å². The molecule has 0 saturated carbocycles. The van der Waals surface area contributed by atoms with E-state index in [-0.39, 0.29) is 11.5 Å². The number of benzene rings is 2. The van der Waals surface area contributed by atoms with Crippen molar-refractivity contribution in [3.63, 3.8) is 0 Å². The molecule has 2 aliphatic rings. The Bertz CT molecular complexity index is 1560. The predicted molar refractivity (Wildman–Crippen MR) is 134 cm³/mol. The highest BCUT2D eigenvalue weighted by atomic mass is 15.3. The van der Waals surface area contributed by atoms with Crippen LogP contribution in [-0.4, -0.2) is 20.6 Å². The van der Waals surface area contributed by atoms with Crippen LogP contribution in [0.5, 0.6) is 0 Å². The Morgan fingerprint density at radius 3 is 2.58 bits per heavy atom. The fourth-order valence-electron chi connectivity index (χ4n) is 5.59. The summed E-state index contributed by atoms with van der Waals surface area (Å²) in [5.41, 5.74) is 5.51.